The Morgan fingerprint density at radius 1 is 1.16 bits per heavy atom. The number of anilines is 3. The standard InChI is InChI=1S/C25H24N8O4/c26-11-17-16(15-12-28-33(13-15)20-6-7-25(20)36-8-9-37-25)2-1-3-18(17)29-19-10-21(30-24(35)14-4-5-14)31-32-22(19)23(27)34/h1-3,10,12-14,20H,4-9H2,(H2,27,34)(H2,29,30,31,35)/t20-/m0/s1. The number of benzene rings is 1. The molecule has 3 heterocycles. The van der Waals surface area contributed by atoms with Crippen LogP contribution >= 0.6 is 0 Å². The Bertz CT molecular complexity index is 1430. The molecular weight excluding hydrogens is 476 g/mol. The van der Waals surface area contributed by atoms with E-state index in [9.17, 15) is 14.9 Å². The van der Waals surface area contributed by atoms with Gasteiger partial charge in [0.1, 0.15) is 12.1 Å². The predicted octanol–water partition coefficient (Wildman–Crippen LogP) is 2.48. The van der Waals surface area contributed by atoms with Gasteiger partial charge in [0, 0.05) is 35.7 Å². The molecule has 2 saturated carbocycles. The van der Waals surface area contributed by atoms with E-state index >= 15 is 0 Å². The quantitative estimate of drug-likeness (QED) is 0.441. The molecule has 3 fully saturated rings. The summed E-state index contributed by atoms with van der Waals surface area (Å²) in [4.78, 5) is 24.2. The number of carbonyl (C=O) groups is 2. The first-order valence-electron chi connectivity index (χ1n) is 12.1. The summed E-state index contributed by atoms with van der Waals surface area (Å²) in [6.45, 7) is 1.14. The molecular formula is C25H24N8O4. The lowest BCUT2D eigenvalue weighted by atomic mass is 9.85. The highest BCUT2D eigenvalue weighted by Gasteiger charge is 2.53. The lowest BCUT2D eigenvalue weighted by Crippen LogP contribution is -2.49. The van der Waals surface area contributed by atoms with Crippen molar-refractivity contribution < 1.29 is 19.1 Å². The van der Waals surface area contributed by atoms with Gasteiger partial charge in [-0.15, -0.1) is 10.2 Å². The molecule has 0 unspecified atom stereocenters. The average Bonchev–Trinajstić information content (AvgIpc) is 3.40. The van der Waals surface area contributed by atoms with Crippen LogP contribution in [0.3, 0.4) is 0 Å². The van der Waals surface area contributed by atoms with Crippen LogP contribution in [0.5, 0.6) is 0 Å². The van der Waals surface area contributed by atoms with Crippen LogP contribution in [0.4, 0.5) is 17.2 Å². The molecule has 12 nitrogen and oxygen atoms in total. The van der Waals surface area contributed by atoms with Crippen molar-refractivity contribution in [1.82, 2.24) is 20.0 Å². The number of aromatic nitrogens is 4. The summed E-state index contributed by atoms with van der Waals surface area (Å²) in [5.74, 6) is -1.40. The van der Waals surface area contributed by atoms with Crippen molar-refractivity contribution in [3.05, 3.63) is 47.9 Å². The lowest BCUT2D eigenvalue weighted by molar-refractivity contribution is -0.242. The molecule has 1 aliphatic heterocycles. The average molecular weight is 501 g/mol. The van der Waals surface area contributed by atoms with Crippen molar-refractivity contribution in [2.75, 3.05) is 23.8 Å². The number of nitrogens with two attached hydrogens (primary N) is 1. The first-order valence-corrected chi connectivity index (χ1v) is 12.1. The Labute approximate surface area is 211 Å². The van der Waals surface area contributed by atoms with Gasteiger partial charge in [-0.25, -0.2) is 0 Å². The monoisotopic (exact) mass is 500 g/mol. The summed E-state index contributed by atoms with van der Waals surface area (Å²) in [5.41, 5.74) is 7.80. The largest absolute Gasteiger partial charge is 0.364 e. The number of nitrogens with zero attached hydrogens (tertiary/aromatic N) is 5. The number of rotatable bonds is 7. The number of amides is 2. The Kier molecular flexibility index (Phi) is 5.58. The summed E-state index contributed by atoms with van der Waals surface area (Å²) < 4.78 is 13.5. The van der Waals surface area contributed by atoms with Gasteiger partial charge in [0.05, 0.1) is 36.3 Å². The van der Waals surface area contributed by atoms with Crippen LogP contribution in [0, 0.1) is 17.2 Å². The summed E-state index contributed by atoms with van der Waals surface area (Å²) in [7, 11) is 0. The van der Waals surface area contributed by atoms with E-state index in [1.54, 1.807) is 18.3 Å². The molecule has 0 bridgehead atoms. The molecule has 1 atom stereocenters. The summed E-state index contributed by atoms with van der Waals surface area (Å²) in [6.07, 6.45) is 6.96. The van der Waals surface area contributed by atoms with E-state index in [0.717, 1.165) is 31.2 Å². The first-order chi connectivity index (χ1) is 18.0. The Hall–Kier alpha value is -4.34. The van der Waals surface area contributed by atoms with Crippen LogP contribution in [0.2, 0.25) is 0 Å². The van der Waals surface area contributed by atoms with Gasteiger partial charge in [-0.2, -0.15) is 10.4 Å². The van der Waals surface area contributed by atoms with E-state index < -0.39 is 11.7 Å². The zero-order chi connectivity index (χ0) is 25.6. The maximum absolute atomic E-state index is 12.2. The van der Waals surface area contributed by atoms with Crippen molar-refractivity contribution in [1.29, 1.82) is 5.26 Å². The van der Waals surface area contributed by atoms with Gasteiger partial charge >= 0.3 is 0 Å². The molecule has 0 radical (unpaired) electrons. The summed E-state index contributed by atoms with van der Waals surface area (Å²) in [6, 6.07) is 9.03. The minimum Gasteiger partial charge on any atom is -0.364 e. The number of ether oxygens (including phenoxy) is 2. The molecule has 6 rings (SSSR count). The van der Waals surface area contributed by atoms with E-state index in [0.29, 0.717) is 30.0 Å². The zero-order valence-corrected chi connectivity index (χ0v) is 19.8. The van der Waals surface area contributed by atoms with Crippen molar-refractivity contribution in [2.45, 2.75) is 37.5 Å². The molecule has 37 heavy (non-hydrogen) atoms. The first kappa shape index (κ1) is 23.1. The van der Waals surface area contributed by atoms with E-state index in [1.807, 2.05) is 16.9 Å². The van der Waals surface area contributed by atoms with Crippen LogP contribution in [0.25, 0.3) is 11.1 Å². The molecule has 3 aliphatic rings. The molecule has 2 aliphatic carbocycles. The van der Waals surface area contributed by atoms with Crippen molar-refractivity contribution >= 4 is 29.0 Å². The molecule has 1 saturated heterocycles. The van der Waals surface area contributed by atoms with Gasteiger partial charge < -0.3 is 25.8 Å². The van der Waals surface area contributed by atoms with Crippen LogP contribution in [-0.4, -0.2) is 50.8 Å². The Morgan fingerprint density at radius 3 is 2.65 bits per heavy atom. The minimum absolute atomic E-state index is 0.0270. The van der Waals surface area contributed by atoms with Gasteiger partial charge in [-0.3, -0.25) is 14.3 Å². The van der Waals surface area contributed by atoms with Gasteiger partial charge in [0.2, 0.25) is 5.91 Å². The smallest absolute Gasteiger partial charge is 0.271 e. The highest BCUT2D eigenvalue weighted by atomic mass is 16.7. The Morgan fingerprint density at radius 2 is 1.97 bits per heavy atom. The number of hydrogen-bond donors (Lipinski definition) is 3. The maximum Gasteiger partial charge on any atom is 0.271 e. The molecule has 2 aromatic heterocycles. The van der Waals surface area contributed by atoms with Crippen molar-refractivity contribution in [3.8, 4) is 17.2 Å². The number of primary amides is 1. The van der Waals surface area contributed by atoms with Crippen LogP contribution in [0.1, 0.15) is 47.8 Å². The van der Waals surface area contributed by atoms with Gasteiger partial charge in [0.25, 0.3) is 5.91 Å². The second kappa shape index (κ2) is 8.95. The van der Waals surface area contributed by atoms with E-state index in [4.69, 9.17) is 15.2 Å². The van der Waals surface area contributed by atoms with Crippen molar-refractivity contribution in [3.63, 3.8) is 0 Å². The van der Waals surface area contributed by atoms with Crippen LogP contribution in [-0.2, 0) is 14.3 Å². The second-order valence-electron chi connectivity index (χ2n) is 9.36. The molecule has 1 spiro atoms. The predicted molar refractivity (Wildman–Crippen MR) is 130 cm³/mol. The molecule has 4 N–H and O–H groups in total. The minimum atomic E-state index is -0.795. The highest BCUT2D eigenvalue weighted by molar-refractivity contribution is 5.99. The van der Waals surface area contributed by atoms with E-state index in [-0.39, 0.29) is 35.1 Å². The maximum atomic E-state index is 12.2. The fraction of sp³-hybridized carbons (Fsp3) is 0.360. The van der Waals surface area contributed by atoms with Gasteiger partial charge in [-0.1, -0.05) is 12.1 Å². The fourth-order valence-corrected chi connectivity index (χ4v) is 4.76. The number of nitrogens with one attached hydrogen (secondary N) is 2. The van der Waals surface area contributed by atoms with Gasteiger partial charge in [-0.05, 0) is 25.3 Å². The van der Waals surface area contributed by atoms with Gasteiger partial charge in [0.15, 0.2) is 17.3 Å². The Balaban J connectivity index is 1.30. The number of hydrogen-bond acceptors (Lipinski definition) is 9. The zero-order valence-electron chi connectivity index (χ0n) is 19.8. The third-order valence-corrected chi connectivity index (χ3v) is 6.95. The second-order valence-corrected chi connectivity index (χ2v) is 9.36. The third kappa shape index (κ3) is 4.18. The van der Waals surface area contributed by atoms with Crippen molar-refractivity contribution in [2.24, 2.45) is 11.7 Å². The molecule has 12 heteroatoms. The molecule has 1 aromatic carbocycles. The lowest BCUT2D eigenvalue weighted by Gasteiger charge is -2.44. The third-order valence-electron chi connectivity index (χ3n) is 6.95. The normalized spacial score (nSPS) is 19.7. The topological polar surface area (TPSA) is 170 Å². The van der Waals surface area contributed by atoms with E-state index in [2.05, 4.69) is 32.0 Å². The molecule has 3 aromatic rings. The summed E-state index contributed by atoms with van der Waals surface area (Å²) >= 11 is 0. The highest BCUT2D eigenvalue weighted by Crippen LogP contribution is 2.48. The van der Waals surface area contributed by atoms with E-state index in [1.165, 1.54) is 6.07 Å². The molecule has 2 amide bonds. The number of carbonyl (C=O) groups excluding carboxylic acids is 2. The molecule has 188 valence electrons. The summed E-state index contributed by atoms with van der Waals surface area (Å²) in [5, 5.41) is 28.2. The number of nitriles is 1. The van der Waals surface area contributed by atoms with Crippen LogP contribution in [0.15, 0.2) is 36.7 Å². The van der Waals surface area contributed by atoms with Crippen LogP contribution < -0.4 is 16.4 Å². The SMILES string of the molecule is N#Cc1c(Nc2cc(NC(=O)C3CC3)nnc2C(N)=O)cccc1-c1cnn([C@H]2CCC23OCCO3)c1. The fourth-order valence-electron chi connectivity index (χ4n) is 4.76.